The van der Waals surface area contributed by atoms with E-state index < -0.39 is 5.79 Å². The predicted octanol–water partition coefficient (Wildman–Crippen LogP) is 2.50. The molecule has 0 amide bonds. The summed E-state index contributed by atoms with van der Waals surface area (Å²) in [4.78, 5) is 0. The highest BCUT2D eigenvalue weighted by Gasteiger charge is 2.39. The van der Waals surface area contributed by atoms with Crippen molar-refractivity contribution in [2.24, 2.45) is 0 Å². The number of allylic oxidation sites excluding steroid dienone is 1. The molecule has 0 bridgehead atoms. The quantitative estimate of drug-likeness (QED) is 0.507. The number of hydrogen-bond acceptors (Lipinski definition) is 2. The molecule has 2 heteroatoms. The summed E-state index contributed by atoms with van der Waals surface area (Å²) >= 11 is 0. The van der Waals surface area contributed by atoms with Crippen molar-refractivity contribution in [1.82, 2.24) is 0 Å². The van der Waals surface area contributed by atoms with E-state index >= 15 is 0 Å². The first-order chi connectivity index (χ1) is 6.59. The lowest BCUT2D eigenvalue weighted by Crippen LogP contribution is -2.21. The lowest BCUT2D eigenvalue weighted by Gasteiger charge is -2.15. The fraction of sp³-hybridized carbons (Fsp3) is 0.667. The molecule has 78 valence electrons. The summed E-state index contributed by atoms with van der Waals surface area (Å²) in [6.07, 6.45) is 11.2. The van der Waals surface area contributed by atoms with Crippen LogP contribution in [-0.2, 0) is 9.47 Å². The van der Waals surface area contributed by atoms with Gasteiger partial charge in [-0.05, 0) is 26.7 Å². The van der Waals surface area contributed by atoms with Gasteiger partial charge < -0.3 is 9.47 Å². The summed E-state index contributed by atoms with van der Waals surface area (Å²) < 4.78 is 11.2. The molecule has 0 N–H and O–H groups in total. The van der Waals surface area contributed by atoms with Gasteiger partial charge in [-0.15, -0.1) is 6.42 Å². The molecule has 0 radical (unpaired) electrons. The van der Waals surface area contributed by atoms with Gasteiger partial charge in [0.15, 0.2) is 5.79 Å². The maximum atomic E-state index is 5.68. The molecule has 0 aliphatic carbocycles. The highest BCUT2D eigenvalue weighted by atomic mass is 16.7. The van der Waals surface area contributed by atoms with Crippen molar-refractivity contribution in [3.63, 3.8) is 0 Å². The zero-order valence-corrected chi connectivity index (χ0v) is 9.12. The standard InChI is InChI=1S/C12H18O2/c1-5-7-8-9-11-10(6-2)13-12(3,4)14-11/h2,7-8,10-11H,5,9H2,1,3-4H3/b8-7-/t10-,11?/m1/s1. The minimum Gasteiger partial charge on any atom is -0.343 e. The number of terminal acetylenes is 1. The molecule has 0 aromatic heterocycles. The summed E-state index contributed by atoms with van der Waals surface area (Å²) in [5.41, 5.74) is 0. The highest BCUT2D eigenvalue weighted by molar-refractivity contribution is 5.05. The van der Waals surface area contributed by atoms with Crippen LogP contribution in [0.25, 0.3) is 0 Å². The Morgan fingerprint density at radius 2 is 2.07 bits per heavy atom. The van der Waals surface area contributed by atoms with Crippen molar-refractivity contribution in [1.29, 1.82) is 0 Å². The summed E-state index contributed by atoms with van der Waals surface area (Å²) in [7, 11) is 0. The Labute approximate surface area is 86.3 Å². The Morgan fingerprint density at radius 1 is 1.36 bits per heavy atom. The van der Waals surface area contributed by atoms with Crippen LogP contribution >= 0.6 is 0 Å². The van der Waals surface area contributed by atoms with E-state index in [1.807, 2.05) is 13.8 Å². The smallest absolute Gasteiger partial charge is 0.165 e. The molecule has 1 aliphatic heterocycles. The molecule has 1 aliphatic rings. The molecule has 1 unspecified atom stereocenters. The van der Waals surface area contributed by atoms with Crippen molar-refractivity contribution in [3.8, 4) is 12.3 Å². The Kier molecular flexibility index (Phi) is 3.74. The van der Waals surface area contributed by atoms with Crippen molar-refractivity contribution < 1.29 is 9.47 Å². The second-order valence-electron chi connectivity index (χ2n) is 3.88. The van der Waals surface area contributed by atoms with Crippen LogP contribution in [0.4, 0.5) is 0 Å². The van der Waals surface area contributed by atoms with Crippen LogP contribution in [0.5, 0.6) is 0 Å². The van der Waals surface area contributed by atoms with E-state index in [2.05, 4.69) is 25.0 Å². The van der Waals surface area contributed by atoms with Crippen molar-refractivity contribution >= 4 is 0 Å². The third kappa shape index (κ3) is 2.87. The van der Waals surface area contributed by atoms with Crippen molar-refractivity contribution in [2.45, 2.75) is 51.6 Å². The first-order valence-electron chi connectivity index (χ1n) is 5.06. The van der Waals surface area contributed by atoms with E-state index in [9.17, 15) is 0 Å². The Balaban J connectivity index is 2.52. The van der Waals surface area contributed by atoms with Gasteiger partial charge in [0.1, 0.15) is 12.2 Å². The number of hydrogen-bond donors (Lipinski definition) is 0. The van der Waals surface area contributed by atoms with Crippen LogP contribution < -0.4 is 0 Å². The van der Waals surface area contributed by atoms with Gasteiger partial charge in [-0.25, -0.2) is 0 Å². The minimum atomic E-state index is -0.540. The monoisotopic (exact) mass is 194 g/mol. The van der Waals surface area contributed by atoms with Gasteiger partial charge in [0.05, 0.1) is 0 Å². The van der Waals surface area contributed by atoms with Gasteiger partial charge in [-0.1, -0.05) is 25.0 Å². The largest absolute Gasteiger partial charge is 0.343 e. The maximum Gasteiger partial charge on any atom is 0.165 e. The first kappa shape index (κ1) is 11.3. The van der Waals surface area contributed by atoms with Gasteiger partial charge in [0, 0.05) is 0 Å². The minimum absolute atomic E-state index is 0.00204. The lowest BCUT2D eigenvalue weighted by atomic mass is 10.1. The second-order valence-corrected chi connectivity index (χ2v) is 3.88. The van der Waals surface area contributed by atoms with Gasteiger partial charge >= 0.3 is 0 Å². The maximum absolute atomic E-state index is 5.68. The van der Waals surface area contributed by atoms with Crippen molar-refractivity contribution in [3.05, 3.63) is 12.2 Å². The number of rotatable bonds is 3. The zero-order valence-electron chi connectivity index (χ0n) is 9.12. The molecule has 2 nitrogen and oxygen atoms in total. The highest BCUT2D eigenvalue weighted by Crippen LogP contribution is 2.29. The summed E-state index contributed by atoms with van der Waals surface area (Å²) in [6, 6.07) is 0. The van der Waals surface area contributed by atoms with Gasteiger partial charge in [-0.3, -0.25) is 0 Å². The molecule has 2 atom stereocenters. The zero-order chi connectivity index (χ0) is 10.6. The lowest BCUT2D eigenvalue weighted by molar-refractivity contribution is -0.142. The average molecular weight is 194 g/mol. The Morgan fingerprint density at radius 3 is 2.64 bits per heavy atom. The second kappa shape index (κ2) is 4.63. The molecule has 0 aromatic rings. The molecular weight excluding hydrogens is 176 g/mol. The molecule has 0 saturated carbocycles. The molecular formula is C12H18O2. The molecule has 1 heterocycles. The van der Waals surface area contributed by atoms with Gasteiger partial charge in [0.25, 0.3) is 0 Å². The number of ether oxygens (including phenoxy) is 2. The van der Waals surface area contributed by atoms with E-state index in [1.165, 1.54) is 0 Å². The van der Waals surface area contributed by atoms with Crippen LogP contribution in [0.15, 0.2) is 12.2 Å². The summed E-state index contributed by atoms with van der Waals surface area (Å²) in [5, 5.41) is 0. The third-order valence-corrected chi connectivity index (χ3v) is 2.12. The topological polar surface area (TPSA) is 18.5 Å². The normalized spacial score (nSPS) is 30.7. The molecule has 0 spiro atoms. The summed E-state index contributed by atoms with van der Waals surface area (Å²) in [5.74, 6) is 2.08. The average Bonchev–Trinajstić information content (AvgIpc) is 2.41. The van der Waals surface area contributed by atoms with E-state index in [0.717, 1.165) is 12.8 Å². The van der Waals surface area contributed by atoms with Gasteiger partial charge in [0.2, 0.25) is 0 Å². The van der Waals surface area contributed by atoms with E-state index in [4.69, 9.17) is 15.9 Å². The van der Waals surface area contributed by atoms with E-state index in [-0.39, 0.29) is 12.2 Å². The third-order valence-electron chi connectivity index (χ3n) is 2.12. The molecule has 14 heavy (non-hydrogen) atoms. The van der Waals surface area contributed by atoms with Crippen LogP contribution in [0.1, 0.15) is 33.6 Å². The summed E-state index contributed by atoms with van der Waals surface area (Å²) in [6.45, 7) is 5.88. The van der Waals surface area contributed by atoms with Crippen molar-refractivity contribution in [2.75, 3.05) is 0 Å². The van der Waals surface area contributed by atoms with E-state index in [1.54, 1.807) is 0 Å². The SMILES string of the molecule is C#C[C@H]1OC(C)(C)OC1C/C=C\CC. The van der Waals surface area contributed by atoms with Crippen LogP contribution in [0, 0.1) is 12.3 Å². The Hall–Kier alpha value is -0.780. The first-order valence-corrected chi connectivity index (χ1v) is 5.06. The fourth-order valence-corrected chi connectivity index (χ4v) is 1.55. The Bertz CT molecular complexity index is 248. The fourth-order valence-electron chi connectivity index (χ4n) is 1.55. The van der Waals surface area contributed by atoms with Crippen LogP contribution in [-0.4, -0.2) is 18.0 Å². The molecule has 1 saturated heterocycles. The molecule has 1 fully saturated rings. The predicted molar refractivity (Wildman–Crippen MR) is 56.7 cm³/mol. The molecule has 1 rings (SSSR count). The van der Waals surface area contributed by atoms with Crippen LogP contribution in [0.2, 0.25) is 0 Å². The van der Waals surface area contributed by atoms with Gasteiger partial charge in [-0.2, -0.15) is 0 Å². The van der Waals surface area contributed by atoms with E-state index in [0.29, 0.717) is 0 Å². The molecule has 0 aromatic carbocycles. The van der Waals surface area contributed by atoms with Crippen LogP contribution in [0.3, 0.4) is 0 Å².